The Kier molecular flexibility index (Phi) is 5.41. The number of nitrogens with zero attached hydrogens (tertiary/aromatic N) is 4. The van der Waals surface area contributed by atoms with Crippen LogP contribution in [0.4, 0.5) is 5.82 Å². The van der Waals surface area contributed by atoms with Gasteiger partial charge >= 0.3 is 0 Å². The molecule has 0 unspecified atom stereocenters. The monoisotopic (exact) mass is 324 g/mol. The van der Waals surface area contributed by atoms with Gasteiger partial charge in [-0.05, 0) is 30.5 Å². The molecule has 3 rings (SSSR count). The highest BCUT2D eigenvalue weighted by Gasteiger charge is 2.16. The fraction of sp³-hybridized carbons (Fsp3) is 0.421. The van der Waals surface area contributed by atoms with Crippen molar-refractivity contribution in [2.24, 2.45) is 0 Å². The molecule has 2 aromatic rings. The SMILES string of the molecule is CN(Cc1ccccc1)C(=O)c1ccc(N2CCCCCC2)nn1. The van der Waals surface area contributed by atoms with Crippen molar-refractivity contribution in [3.8, 4) is 0 Å². The molecule has 0 bridgehead atoms. The van der Waals surface area contributed by atoms with Crippen LogP contribution in [0.2, 0.25) is 0 Å². The molecule has 1 aromatic heterocycles. The normalized spacial score (nSPS) is 15.0. The molecule has 1 aromatic carbocycles. The minimum absolute atomic E-state index is 0.103. The van der Waals surface area contributed by atoms with Gasteiger partial charge in [0, 0.05) is 26.7 Å². The molecule has 0 saturated carbocycles. The second-order valence-electron chi connectivity index (χ2n) is 6.32. The maximum absolute atomic E-state index is 12.5. The van der Waals surface area contributed by atoms with Crippen molar-refractivity contribution in [1.29, 1.82) is 0 Å². The van der Waals surface area contributed by atoms with Crippen molar-refractivity contribution in [3.05, 3.63) is 53.7 Å². The highest BCUT2D eigenvalue weighted by molar-refractivity contribution is 5.92. The quantitative estimate of drug-likeness (QED) is 0.867. The first-order valence-corrected chi connectivity index (χ1v) is 8.62. The number of aromatic nitrogens is 2. The van der Waals surface area contributed by atoms with Gasteiger partial charge in [-0.1, -0.05) is 43.2 Å². The number of hydrogen-bond acceptors (Lipinski definition) is 4. The van der Waals surface area contributed by atoms with E-state index in [1.807, 2.05) is 36.4 Å². The van der Waals surface area contributed by atoms with E-state index in [1.54, 1.807) is 18.0 Å². The van der Waals surface area contributed by atoms with Gasteiger partial charge in [-0.2, -0.15) is 0 Å². The van der Waals surface area contributed by atoms with E-state index in [0.717, 1.165) is 24.5 Å². The van der Waals surface area contributed by atoms with E-state index >= 15 is 0 Å². The molecule has 1 aliphatic rings. The molecule has 24 heavy (non-hydrogen) atoms. The van der Waals surface area contributed by atoms with E-state index in [1.165, 1.54) is 25.7 Å². The number of rotatable bonds is 4. The van der Waals surface area contributed by atoms with Crippen molar-refractivity contribution in [3.63, 3.8) is 0 Å². The van der Waals surface area contributed by atoms with Crippen molar-refractivity contribution in [2.75, 3.05) is 25.0 Å². The summed E-state index contributed by atoms with van der Waals surface area (Å²) in [6, 6.07) is 13.7. The molecule has 1 saturated heterocycles. The molecule has 1 amide bonds. The Morgan fingerprint density at radius 1 is 1.00 bits per heavy atom. The summed E-state index contributed by atoms with van der Waals surface area (Å²) in [5.74, 6) is 0.771. The van der Waals surface area contributed by atoms with E-state index < -0.39 is 0 Å². The molecule has 0 N–H and O–H groups in total. The molecule has 5 heteroatoms. The Hall–Kier alpha value is -2.43. The van der Waals surface area contributed by atoms with Gasteiger partial charge in [0.25, 0.3) is 5.91 Å². The zero-order valence-corrected chi connectivity index (χ0v) is 14.2. The van der Waals surface area contributed by atoms with E-state index in [0.29, 0.717) is 12.2 Å². The van der Waals surface area contributed by atoms with Crippen molar-refractivity contribution in [2.45, 2.75) is 32.2 Å². The molecule has 126 valence electrons. The van der Waals surface area contributed by atoms with Gasteiger partial charge in [-0.3, -0.25) is 4.79 Å². The van der Waals surface area contributed by atoms with Gasteiger partial charge < -0.3 is 9.80 Å². The average Bonchev–Trinajstić information content (AvgIpc) is 2.91. The largest absolute Gasteiger partial charge is 0.355 e. The molecule has 0 atom stereocenters. The predicted molar refractivity (Wildman–Crippen MR) is 95.0 cm³/mol. The zero-order chi connectivity index (χ0) is 16.8. The molecule has 2 heterocycles. The molecule has 0 aliphatic carbocycles. The first kappa shape index (κ1) is 16.4. The zero-order valence-electron chi connectivity index (χ0n) is 14.2. The minimum atomic E-state index is -0.103. The summed E-state index contributed by atoms with van der Waals surface area (Å²) in [7, 11) is 1.79. The summed E-state index contributed by atoms with van der Waals surface area (Å²) in [5.41, 5.74) is 1.49. The lowest BCUT2D eigenvalue weighted by atomic mass is 10.2. The van der Waals surface area contributed by atoms with Gasteiger partial charge in [0.05, 0.1) is 0 Å². The van der Waals surface area contributed by atoms with E-state index in [4.69, 9.17) is 0 Å². The number of carbonyl (C=O) groups excluding carboxylic acids is 1. The van der Waals surface area contributed by atoms with Crippen molar-refractivity contribution < 1.29 is 4.79 Å². The summed E-state index contributed by atoms with van der Waals surface area (Å²) >= 11 is 0. The first-order chi connectivity index (χ1) is 11.7. The lowest BCUT2D eigenvalue weighted by Gasteiger charge is -2.21. The Morgan fingerprint density at radius 2 is 1.71 bits per heavy atom. The lowest BCUT2D eigenvalue weighted by molar-refractivity contribution is 0.0778. The standard InChI is InChI=1S/C19H24N4O/c1-22(15-16-9-5-4-6-10-16)19(24)17-11-12-18(21-20-17)23-13-7-2-3-8-14-23/h4-6,9-12H,2-3,7-8,13-15H2,1H3. The van der Waals surface area contributed by atoms with Crippen LogP contribution in [0.5, 0.6) is 0 Å². The molecule has 0 radical (unpaired) electrons. The summed E-state index contributed by atoms with van der Waals surface area (Å²) in [6.45, 7) is 2.61. The van der Waals surface area contributed by atoms with Crippen LogP contribution in [0.15, 0.2) is 42.5 Å². The van der Waals surface area contributed by atoms with Crippen molar-refractivity contribution >= 4 is 11.7 Å². The molecule has 0 spiro atoms. The summed E-state index contributed by atoms with van der Waals surface area (Å²) in [5, 5.41) is 8.45. The topological polar surface area (TPSA) is 49.3 Å². The third-order valence-electron chi connectivity index (χ3n) is 4.41. The van der Waals surface area contributed by atoms with Gasteiger partial charge in [-0.15, -0.1) is 10.2 Å². The van der Waals surface area contributed by atoms with Gasteiger partial charge in [0.15, 0.2) is 11.5 Å². The van der Waals surface area contributed by atoms with Crippen LogP contribution in [0.25, 0.3) is 0 Å². The van der Waals surface area contributed by atoms with Crippen molar-refractivity contribution in [1.82, 2.24) is 15.1 Å². The number of hydrogen-bond donors (Lipinski definition) is 0. The number of amides is 1. The van der Waals surface area contributed by atoms with Crippen LogP contribution in [0.1, 0.15) is 41.7 Å². The van der Waals surface area contributed by atoms with E-state index in [2.05, 4.69) is 15.1 Å². The smallest absolute Gasteiger partial charge is 0.274 e. The van der Waals surface area contributed by atoms with Crippen LogP contribution in [-0.2, 0) is 6.54 Å². The average molecular weight is 324 g/mol. The second-order valence-corrected chi connectivity index (χ2v) is 6.32. The maximum Gasteiger partial charge on any atom is 0.274 e. The Labute approximate surface area is 143 Å². The highest BCUT2D eigenvalue weighted by atomic mass is 16.2. The van der Waals surface area contributed by atoms with Gasteiger partial charge in [0.1, 0.15) is 0 Å². The molecule has 1 fully saturated rings. The Morgan fingerprint density at radius 3 is 2.33 bits per heavy atom. The Balaban J connectivity index is 1.64. The second kappa shape index (κ2) is 7.90. The lowest BCUT2D eigenvalue weighted by Crippen LogP contribution is -2.28. The molecule has 1 aliphatic heterocycles. The summed E-state index contributed by atoms with van der Waals surface area (Å²) in [6.07, 6.45) is 4.96. The molecule has 5 nitrogen and oxygen atoms in total. The van der Waals surface area contributed by atoms with E-state index in [9.17, 15) is 4.79 Å². The van der Waals surface area contributed by atoms with Crippen LogP contribution in [0, 0.1) is 0 Å². The molecular weight excluding hydrogens is 300 g/mol. The Bertz CT molecular complexity index is 649. The van der Waals surface area contributed by atoms with Gasteiger partial charge in [-0.25, -0.2) is 0 Å². The first-order valence-electron chi connectivity index (χ1n) is 8.62. The summed E-state index contributed by atoms with van der Waals surface area (Å²) in [4.78, 5) is 16.4. The fourth-order valence-electron chi connectivity index (χ4n) is 3.03. The van der Waals surface area contributed by atoms with E-state index in [-0.39, 0.29) is 5.91 Å². The number of benzene rings is 1. The van der Waals surface area contributed by atoms with Crippen LogP contribution in [-0.4, -0.2) is 41.1 Å². The third-order valence-corrected chi connectivity index (χ3v) is 4.41. The third kappa shape index (κ3) is 4.10. The predicted octanol–water partition coefficient (Wildman–Crippen LogP) is 3.13. The highest BCUT2D eigenvalue weighted by Crippen LogP contribution is 2.17. The van der Waals surface area contributed by atoms with Crippen LogP contribution >= 0.6 is 0 Å². The number of carbonyl (C=O) groups is 1. The molecular formula is C19H24N4O. The number of anilines is 1. The minimum Gasteiger partial charge on any atom is -0.355 e. The van der Waals surface area contributed by atoms with Crippen LogP contribution in [0.3, 0.4) is 0 Å². The maximum atomic E-state index is 12.5. The summed E-state index contributed by atoms with van der Waals surface area (Å²) < 4.78 is 0. The fourth-order valence-corrected chi connectivity index (χ4v) is 3.03. The van der Waals surface area contributed by atoms with Crippen LogP contribution < -0.4 is 4.90 Å². The van der Waals surface area contributed by atoms with Gasteiger partial charge in [0.2, 0.25) is 0 Å².